The van der Waals surface area contributed by atoms with Crippen molar-refractivity contribution in [1.29, 1.82) is 0 Å². The molecule has 1 saturated heterocycles. The number of amides is 1. The van der Waals surface area contributed by atoms with Gasteiger partial charge in [-0.25, -0.2) is 13.1 Å². The first kappa shape index (κ1) is 23.1. The summed E-state index contributed by atoms with van der Waals surface area (Å²) in [4.78, 5) is 14.2. The van der Waals surface area contributed by atoms with E-state index in [1.165, 1.54) is 0 Å². The van der Waals surface area contributed by atoms with Crippen LogP contribution in [0.1, 0.15) is 18.5 Å². The Morgan fingerprint density at radius 2 is 2.15 bits per heavy atom. The normalized spacial score (nSPS) is 17.6. The van der Waals surface area contributed by atoms with Gasteiger partial charge in [0, 0.05) is 31.3 Å². The van der Waals surface area contributed by atoms with E-state index in [1.54, 1.807) is 17.9 Å². The van der Waals surface area contributed by atoms with Crippen LogP contribution >= 0.6 is 24.0 Å². The van der Waals surface area contributed by atoms with E-state index in [0.717, 1.165) is 5.56 Å². The van der Waals surface area contributed by atoms with Crippen molar-refractivity contribution in [3.63, 3.8) is 0 Å². The summed E-state index contributed by atoms with van der Waals surface area (Å²) >= 11 is 6.26. The quantitative estimate of drug-likeness (QED) is 0.610. The second-order valence-electron chi connectivity index (χ2n) is 5.67. The summed E-state index contributed by atoms with van der Waals surface area (Å²) in [6.07, 6.45) is 0. The standard InChI is InChI=1S/C16H24ClN3O4S.ClH/c1-2-24-9-10-25(22,23)19-12-16(21)20-8-7-18-11-15(20)13-5-3-4-6-14(13)17;/h3-6,15,18-19H,2,7-12H2,1H3;1H. The zero-order chi connectivity index (χ0) is 18.3. The van der Waals surface area contributed by atoms with Crippen LogP contribution < -0.4 is 10.0 Å². The SMILES string of the molecule is CCOCCS(=O)(=O)NCC(=O)N1CCNCC1c1ccccc1Cl.Cl. The van der Waals surface area contributed by atoms with Gasteiger partial charge in [-0.05, 0) is 18.6 Å². The summed E-state index contributed by atoms with van der Waals surface area (Å²) in [6.45, 7) is 3.81. The molecule has 1 heterocycles. The molecule has 10 heteroatoms. The molecule has 0 spiro atoms. The average Bonchev–Trinajstić information content (AvgIpc) is 2.60. The topological polar surface area (TPSA) is 87.7 Å². The maximum atomic E-state index is 12.6. The molecule has 26 heavy (non-hydrogen) atoms. The third kappa shape index (κ3) is 6.68. The van der Waals surface area contributed by atoms with Crippen molar-refractivity contribution in [2.45, 2.75) is 13.0 Å². The van der Waals surface area contributed by atoms with Crippen LogP contribution in [0.15, 0.2) is 24.3 Å². The first-order valence-corrected chi connectivity index (χ1v) is 10.3. The summed E-state index contributed by atoms with van der Waals surface area (Å²) in [5, 5.41) is 3.83. The Balaban J connectivity index is 0.00000338. The summed E-state index contributed by atoms with van der Waals surface area (Å²) in [5.74, 6) is -0.435. The van der Waals surface area contributed by atoms with E-state index in [4.69, 9.17) is 16.3 Å². The van der Waals surface area contributed by atoms with Crippen LogP contribution in [0.2, 0.25) is 5.02 Å². The van der Waals surface area contributed by atoms with E-state index in [2.05, 4.69) is 10.0 Å². The van der Waals surface area contributed by atoms with Crippen molar-refractivity contribution < 1.29 is 17.9 Å². The second-order valence-corrected chi connectivity index (χ2v) is 8.00. The van der Waals surface area contributed by atoms with Crippen LogP contribution in [-0.4, -0.2) is 64.4 Å². The summed E-state index contributed by atoms with van der Waals surface area (Å²) in [6, 6.07) is 7.15. The van der Waals surface area contributed by atoms with E-state index in [9.17, 15) is 13.2 Å². The molecule has 1 aliphatic heterocycles. The van der Waals surface area contributed by atoms with Gasteiger partial charge in [-0.3, -0.25) is 4.79 Å². The third-order valence-corrected chi connectivity index (χ3v) is 5.60. The Bertz CT molecular complexity index is 688. The highest BCUT2D eigenvalue weighted by Crippen LogP contribution is 2.28. The van der Waals surface area contributed by atoms with E-state index < -0.39 is 10.0 Å². The minimum Gasteiger partial charge on any atom is -0.381 e. The van der Waals surface area contributed by atoms with Crippen molar-refractivity contribution in [2.75, 3.05) is 45.1 Å². The number of halogens is 2. The highest BCUT2D eigenvalue weighted by Gasteiger charge is 2.29. The number of ether oxygens (including phenoxy) is 1. The molecule has 1 unspecified atom stereocenters. The Morgan fingerprint density at radius 3 is 2.85 bits per heavy atom. The Labute approximate surface area is 165 Å². The molecule has 1 aromatic rings. The van der Waals surface area contributed by atoms with Crippen LogP contribution in [0.3, 0.4) is 0 Å². The molecule has 1 fully saturated rings. The predicted octanol–water partition coefficient (Wildman–Crippen LogP) is 1.19. The number of hydrogen-bond donors (Lipinski definition) is 2. The monoisotopic (exact) mass is 425 g/mol. The van der Waals surface area contributed by atoms with Crippen LogP contribution in [-0.2, 0) is 19.6 Å². The first-order valence-electron chi connectivity index (χ1n) is 8.24. The number of benzene rings is 1. The molecule has 1 amide bonds. The Morgan fingerprint density at radius 1 is 1.42 bits per heavy atom. The van der Waals surface area contributed by atoms with Crippen LogP contribution in [0.25, 0.3) is 0 Å². The lowest BCUT2D eigenvalue weighted by molar-refractivity contribution is -0.133. The largest absolute Gasteiger partial charge is 0.381 e. The highest BCUT2D eigenvalue weighted by atomic mass is 35.5. The van der Waals surface area contributed by atoms with E-state index in [0.29, 0.717) is 31.3 Å². The molecular formula is C16H25Cl2N3O4S. The van der Waals surface area contributed by atoms with Gasteiger partial charge in [0.15, 0.2) is 0 Å². The average molecular weight is 426 g/mol. The van der Waals surface area contributed by atoms with E-state index in [1.807, 2.05) is 18.2 Å². The Kier molecular flexibility index (Phi) is 9.84. The molecule has 1 atom stereocenters. The van der Waals surface area contributed by atoms with Gasteiger partial charge in [0.2, 0.25) is 15.9 Å². The molecule has 148 valence electrons. The summed E-state index contributed by atoms with van der Waals surface area (Å²) in [5.41, 5.74) is 0.851. The zero-order valence-corrected chi connectivity index (χ0v) is 17.0. The zero-order valence-electron chi connectivity index (χ0n) is 14.6. The number of carbonyl (C=O) groups is 1. The fourth-order valence-electron chi connectivity index (χ4n) is 2.68. The molecule has 0 radical (unpaired) electrons. The molecule has 1 aliphatic rings. The maximum Gasteiger partial charge on any atom is 0.238 e. The van der Waals surface area contributed by atoms with Gasteiger partial charge in [-0.2, -0.15) is 0 Å². The fourth-order valence-corrected chi connectivity index (χ4v) is 3.77. The third-order valence-electron chi connectivity index (χ3n) is 3.97. The number of piperazine rings is 1. The molecule has 0 aromatic heterocycles. The number of carbonyl (C=O) groups excluding carboxylic acids is 1. The molecule has 2 rings (SSSR count). The number of nitrogens with one attached hydrogen (secondary N) is 2. The van der Waals surface area contributed by atoms with Crippen LogP contribution in [0, 0.1) is 0 Å². The van der Waals surface area contributed by atoms with Gasteiger partial charge < -0.3 is 15.0 Å². The molecule has 7 nitrogen and oxygen atoms in total. The number of sulfonamides is 1. The minimum atomic E-state index is -3.54. The maximum absolute atomic E-state index is 12.6. The van der Waals surface area contributed by atoms with E-state index >= 15 is 0 Å². The predicted molar refractivity (Wildman–Crippen MR) is 104 cm³/mol. The lowest BCUT2D eigenvalue weighted by atomic mass is 10.0. The number of rotatable bonds is 8. The van der Waals surface area contributed by atoms with Crippen molar-refractivity contribution in [3.8, 4) is 0 Å². The molecule has 1 aromatic carbocycles. The Hall–Kier alpha value is -0.900. The molecule has 0 aliphatic carbocycles. The molecule has 0 bridgehead atoms. The number of hydrogen-bond acceptors (Lipinski definition) is 5. The highest BCUT2D eigenvalue weighted by molar-refractivity contribution is 7.89. The molecular weight excluding hydrogens is 401 g/mol. The first-order chi connectivity index (χ1) is 11.9. The van der Waals surface area contributed by atoms with Gasteiger partial charge in [0.25, 0.3) is 0 Å². The lowest BCUT2D eigenvalue weighted by Gasteiger charge is -2.37. The van der Waals surface area contributed by atoms with Gasteiger partial charge in [0.1, 0.15) is 0 Å². The van der Waals surface area contributed by atoms with Crippen molar-refractivity contribution in [2.24, 2.45) is 0 Å². The smallest absolute Gasteiger partial charge is 0.238 e. The van der Waals surface area contributed by atoms with Crippen molar-refractivity contribution in [3.05, 3.63) is 34.9 Å². The summed E-state index contributed by atoms with van der Waals surface area (Å²) in [7, 11) is -3.54. The van der Waals surface area contributed by atoms with Crippen LogP contribution in [0.4, 0.5) is 0 Å². The second kappa shape index (κ2) is 11.1. The number of nitrogens with zero attached hydrogens (tertiary/aromatic N) is 1. The van der Waals surface area contributed by atoms with E-state index in [-0.39, 0.29) is 43.3 Å². The lowest BCUT2D eigenvalue weighted by Crippen LogP contribution is -2.51. The molecule has 0 saturated carbocycles. The van der Waals surface area contributed by atoms with Gasteiger partial charge in [-0.15, -0.1) is 12.4 Å². The van der Waals surface area contributed by atoms with Gasteiger partial charge in [-0.1, -0.05) is 29.8 Å². The summed E-state index contributed by atoms with van der Waals surface area (Å²) < 4.78 is 31.2. The molecule has 2 N–H and O–H groups in total. The fraction of sp³-hybridized carbons (Fsp3) is 0.562. The van der Waals surface area contributed by atoms with Gasteiger partial charge in [0.05, 0.1) is 24.9 Å². The van der Waals surface area contributed by atoms with Crippen LogP contribution in [0.5, 0.6) is 0 Å². The van der Waals surface area contributed by atoms with Gasteiger partial charge >= 0.3 is 0 Å². The van der Waals surface area contributed by atoms with Crippen molar-refractivity contribution in [1.82, 2.24) is 14.9 Å². The van der Waals surface area contributed by atoms with Crippen molar-refractivity contribution >= 4 is 39.9 Å². The minimum absolute atomic E-state index is 0.